The van der Waals surface area contributed by atoms with Crippen LogP contribution in [0.3, 0.4) is 0 Å². The SMILES string of the molecule is CCCCCCCCCCCCCCCCCCS.CCCCCCCCCCCCCCCCCCS. The fourth-order valence-corrected chi connectivity index (χ4v) is 5.77. The predicted octanol–water partition coefficient (Wildman–Crippen LogP) is 14.4. The van der Waals surface area contributed by atoms with Crippen LogP contribution in [0.25, 0.3) is 0 Å². The quantitative estimate of drug-likeness (QED) is 0.0581. The van der Waals surface area contributed by atoms with Gasteiger partial charge in [-0.3, -0.25) is 0 Å². The first-order valence-corrected chi connectivity index (χ1v) is 19.3. The highest BCUT2D eigenvalue weighted by molar-refractivity contribution is 7.80. The molecule has 0 spiro atoms. The standard InChI is InChI=1S/2C18H38S/c2*1-2-3-4-5-6-7-8-9-10-11-12-13-14-15-16-17-18-19/h2*19H,2-18H2,1H3. The summed E-state index contributed by atoms with van der Waals surface area (Å²) in [5.74, 6) is 2.14. The smallest absolute Gasteiger partial charge is 0.00979 e. The normalized spacial score (nSPS) is 11.1. The molecule has 0 aromatic carbocycles. The van der Waals surface area contributed by atoms with Crippen molar-refractivity contribution in [1.29, 1.82) is 0 Å². The second-order valence-electron chi connectivity index (χ2n) is 12.1. The molecule has 0 aliphatic carbocycles. The molecule has 0 unspecified atom stereocenters. The van der Waals surface area contributed by atoms with Gasteiger partial charge in [-0.05, 0) is 24.3 Å². The summed E-state index contributed by atoms with van der Waals surface area (Å²) in [6.45, 7) is 4.58. The zero-order valence-electron chi connectivity index (χ0n) is 26.9. The van der Waals surface area contributed by atoms with E-state index in [1.165, 1.54) is 205 Å². The molecule has 0 aliphatic heterocycles. The van der Waals surface area contributed by atoms with E-state index in [1.54, 1.807) is 0 Å². The lowest BCUT2D eigenvalue weighted by atomic mass is 10.0. The van der Waals surface area contributed by atoms with Crippen LogP contribution in [-0.2, 0) is 0 Å². The Bertz CT molecular complexity index is 291. The molecule has 0 radical (unpaired) electrons. The van der Waals surface area contributed by atoms with Crippen molar-refractivity contribution in [3.8, 4) is 0 Å². The molecule has 0 aromatic rings. The van der Waals surface area contributed by atoms with Crippen LogP contribution < -0.4 is 0 Å². The zero-order valence-corrected chi connectivity index (χ0v) is 28.7. The van der Waals surface area contributed by atoms with Crippen molar-refractivity contribution >= 4 is 25.3 Å². The largest absolute Gasteiger partial charge is 0.179 e. The summed E-state index contributed by atoms with van der Waals surface area (Å²) in [5.41, 5.74) is 0. The average molecular weight is 573 g/mol. The van der Waals surface area contributed by atoms with Crippen LogP contribution in [0.15, 0.2) is 0 Å². The summed E-state index contributed by atoms with van der Waals surface area (Å²) in [6.07, 6.45) is 46.2. The van der Waals surface area contributed by atoms with Crippen molar-refractivity contribution in [2.45, 2.75) is 219 Å². The molecule has 0 aliphatic rings. The van der Waals surface area contributed by atoms with E-state index in [0.717, 1.165) is 11.5 Å². The van der Waals surface area contributed by atoms with Gasteiger partial charge in [0.15, 0.2) is 0 Å². The third kappa shape index (κ3) is 43.7. The van der Waals surface area contributed by atoms with E-state index in [0.29, 0.717) is 0 Å². The number of thiol groups is 2. The highest BCUT2D eigenvalue weighted by Gasteiger charge is 1.95. The van der Waals surface area contributed by atoms with Crippen LogP contribution in [0, 0.1) is 0 Å². The van der Waals surface area contributed by atoms with Gasteiger partial charge in [0.1, 0.15) is 0 Å². The van der Waals surface area contributed by atoms with Gasteiger partial charge in [-0.15, -0.1) is 0 Å². The highest BCUT2D eigenvalue weighted by Crippen LogP contribution is 2.15. The lowest BCUT2D eigenvalue weighted by Crippen LogP contribution is -1.83. The molecule has 0 nitrogen and oxygen atoms in total. The Morgan fingerprint density at radius 1 is 0.211 bits per heavy atom. The average Bonchev–Trinajstić information content (AvgIpc) is 2.93. The minimum Gasteiger partial charge on any atom is -0.179 e. The van der Waals surface area contributed by atoms with Gasteiger partial charge in [-0.25, -0.2) is 0 Å². The predicted molar refractivity (Wildman–Crippen MR) is 187 cm³/mol. The molecule has 2 heteroatoms. The topological polar surface area (TPSA) is 0 Å². The third-order valence-electron chi connectivity index (χ3n) is 8.02. The van der Waals surface area contributed by atoms with Crippen molar-refractivity contribution in [3.63, 3.8) is 0 Å². The fourth-order valence-electron chi connectivity index (χ4n) is 5.32. The Morgan fingerprint density at radius 3 is 0.474 bits per heavy atom. The lowest BCUT2D eigenvalue weighted by molar-refractivity contribution is 0.532. The first-order valence-electron chi connectivity index (χ1n) is 18.0. The van der Waals surface area contributed by atoms with E-state index in [4.69, 9.17) is 0 Å². The summed E-state index contributed by atoms with van der Waals surface area (Å²) in [7, 11) is 0. The Hall–Kier alpha value is 0.700. The van der Waals surface area contributed by atoms with Crippen molar-refractivity contribution in [1.82, 2.24) is 0 Å². The minimum atomic E-state index is 1.07. The van der Waals surface area contributed by atoms with Gasteiger partial charge < -0.3 is 0 Å². The van der Waals surface area contributed by atoms with E-state index in [1.807, 2.05) is 0 Å². The molecule has 0 heterocycles. The molecule has 0 fully saturated rings. The van der Waals surface area contributed by atoms with E-state index in [2.05, 4.69) is 39.1 Å². The van der Waals surface area contributed by atoms with E-state index in [9.17, 15) is 0 Å². The maximum atomic E-state index is 4.24. The van der Waals surface area contributed by atoms with Crippen molar-refractivity contribution in [2.75, 3.05) is 11.5 Å². The molecule has 0 saturated carbocycles. The molecule has 0 N–H and O–H groups in total. The highest BCUT2D eigenvalue weighted by atomic mass is 32.1. The van der Waals surface area contributed by atoms with Gasteiger partial charge in [-0.1, -0.05) is 206 Å². The lowest BCUT2D eigenvalue weighted by Gasteiger charge is -2.03. The molecule has 0 bridgehead atoms. The van der Waals surface area contributed by atoms with Gasteiger partial charge >= 0.3 is 0 Å². The first kappa shape index (κ1) is 40.8. The van der Waals surface area contributed by atoms with E-state index < -0.39 is 0 Å². The van der Waals surface area contributed by atoms with Crippen LogP contribution >= 0.6 is 25.3 Å². The van der Waals surface area contributed by atoms with Gasteiger partial charge in [0.25, 0.3) is 0 Å². The number of hydrogen-bond acceptors (Lipinski definition) is 2. The van der Waals surface area contributed by atoms with Crippen LogP contribution in [0.4, 0.5) is 0 Å². The summed E-state index contributed by atoms with van der Waals surface area (Å²) < 4.78 is 0. The molecular weight excluding hydrogens is 497 g/mol. The molecule has 0 rings (SSSR count). The van der Waals surface area contributed by atoms with Crippen molar-refractivity contribution in [2.24, 2.45) is 0 Å². The van der Waals surface area contributed by atoms with Crippen LogP contribution in [0.2, 0.25) is 0 Å². The van der Waals surface area contributed by atoms with Gasteiger partial charge in [0.2, 0.25) is 0 Å². The molecular formula is C36H76S2. The second-order valence-corrected chi connectivity index (χ2v) is 12.9. The van der Waals surface area contributed by atoms with Gasteiger partial charge in [0, 0.05) is 0 Å². The minimum absolute atomic E-state index is 1.07. The summed E-state index contributed by atoms with van der Waals surface area (Å²) in [4.78, 5) is 0. The Labute approximate surface area is 255 Å². The third-order valence-corrected chi connectivity index (χ3v) is 8.66. The van der Waals surface area contributed by atoms with Crippen molar-refractivity contribution < 1.29 is 0 Å². The molecule has 232 valence electrons. The zero-order chi connectivity index (χ0) is 28.0. The maximum Gasteiger partial charge on any atom is -0.00979 e. The van der Waals surface area contributed by atoms with Crippen molar-refractivity contribution in [3.05, 3.63) is 0 Å². The summed E-state index contributed by atoms with van der Waals surface area (Å²) >= 11 is 8.49. The number of rotatable bonds is 32. The monoisotopic (exact) mass is 573 g/mol. The van der Waals surface area contributed by atoms with E-state index in [-0.39, 0.29) is 0 Å². The molecule has 0 aromatic heterocycles. The Morgan fingerprint density at radius 2 is 0.342 bits per heavy atom. The Balaban J connectivity index is 0. The summed E-state index contributed by atoms with van der Waals surface area (Å²) in [6, 6.07) is 0. The molecule has 38 heavy (non-hydrogen) atoms. The number of unbranched alkanes of at least 4 members (excludes halogenated alkanes) is 30. The van der Waals surface area contributed by atoms with Gasteiger partial charge in [0.05, 0.1) is 0 Å². The molecule has 0 amide bonds. The first-order chi connectivity index (χ1) is 18.8. The Kier molecular flexibility index (Phi) is 45.3. The molecule has 0 atom stereocenters. The fraction of sp³-hybridized carbons (Fsp3) is 1.00. The van der Waals surface area contributed by atoms with Crippen LogP contribution in [-0.4, -0.2) is 11.5 Å². The maximum absolute atomic E-state index is 4.24. The van der Waals surface area contributed by atoms with Gasteiger partial charge in [-0.2, -0.15) is 25.3 Å². The van der Waals surface area contributed by atoms with E-state index >= 15 is 0 Å². The van der Waals surface area contributed by atoms with Crippen LogP contribution in [0.1, 0.15) is 219 Å². The molecule has 0 saturated heterocycles. The second kappa shape index (κ2) is 42.2. The number of hydrogen-bond donors (Lipinski definition) is 2. The van der Waals surface area contributed by atoms with Crippen LogP contribution in [0.5, 0.6) is 0 Å². The summed E-state index contributed by atoms with van der Waals surface area (Å²) in [5, 5.41) is 0.